The molecule has 3 aromatic rings. The largest absolute Gasteiger partial charge is 0.382 e. The molecular weight excluding hydrogens is 397 g/mol. The molecule has 0 saturated carbocycles. The zero-order valence-corrected chi connectivity index (χ0v) is 17.5. The molecular formula is C22H24FN7O. The summed E-state index contributed by atoms with van der Waals surface area (Å²) in [7, 11) is 0. The van der Waals surface area contributed by atoms with Crippen LogP contribution in [0.2, 0.25) is 0 Å². The van der Waals surface area contributed by atoms with Crippen LogP contribution in [0.25, 0.3) is 11.4 Å². The van der Waals surface area contributed by atoms with Crippen LogP contribution in [0.15, 0.2) is 42.9 Å². The summed E-state index contributed by atoms with van der Waals surface area (Å²) in [5.41, 5.74) is 7.04. The van der Waals surface area contributed by atoms with Crippen molar-refractivity contribution >= 4 is 23.2 Å². The summed E-state index contributed by atoms with van der Waals surface area (Å²) in [6, 6.07) is 6.50. The van der Waals surface area contributed by atoms with E-state index in [1.165, 1.54) is 24.5 Å². The molecule has 3 aromatic heterocycles. The number of amides is 1. The van der Waals surface area contributed by atoms with Gasteiger partial charge in [0.1, 0.15) is 11.4 Å². The molecule has 160 valence electrons. The van der Waals surface area contributed by atoms with Crippen molar-refractivity contribution in [1.82, 2.24) is 19.9 Å². The zero-order valence-electron chi connectivity index (χ0n) is 17.5. The van der Waals surface area contributed by atoms with E-state index in [4.69, 9.17) is 5.73 Å². The smallest absolute Gasteiger partial charge is 0.279 e. The van der Waals surface area contributed by atoms with Gasteiger partial charge in [-0.15, -0.1) is 0 Å². The molecule has 0 aliphatic carbocycles. The number of aromatic nitrogens is 4. The molecule has 0 unspecified atom stereocenters. The van der Waals surface area contributed by atoms with Crippen LogP contribution < -0.4 is 16.0 Å². The Morgan fingerprint density at radius 3 is 2.58 bits per heavy atom. The lowest BCUT2D eigenvalue weighted by atomic mass is 9.82. The van der Waals surface area contributed by atoms with Crippen LogP contribution in [0.5, 0.6) is 0 Å². The Morgan fingerprint density at radius 1 is 1.13 bits per heavy atom. The summed E-state index contributed by atoms with van der Waals surface area (Å²) in [5, 5.41) is 2.79. The highest BCUT2D eigenvalue weighted by Crippen LogP contribution is 2.34. The number of hydrogen-bond donors (Lipinski definition) is 2. The molecule has 31 heavy (non-hydrogen) atoms. The number of hydrogen-bond acceptors (Lipinski definition) is 7. The summed E-state index contributed by atoms with van der Waals surface area (Å²) in [4.78, 5) is 31.7. The monoisotopic (exact) mass is 421 g/mol. The minimum atomic E-state index is -0.569. The normalized spacial score (nSPS) is 15.5. The minimum Gasteiger partial charge on any atom is -0.382 e. The first-order valence-corrected chi connectivity index (χ1v) is 10.1. The minimum absolute atomic E-state index is 0.00138. The number of nitrogens with one attached hydrogen (secondary N) is 1. The van der Waals surface area contributed by atoms with Gasteiger partial charge < -0.3 is 16.0 Å². The highest BCUT2D eigenvalue weighted by molar-refractivity contribution is 6.06. The van der Waals surface area contributed by atoms with Crippen molar-refractivity contribution in [3.63, 3.8) is 0 Å². The van der Waals surface area contributed by atoms with Crippen LogP contribution in [0.1, 0.15) is 37.2 Å². The molecule has 0 spiro atoms. The summed E-state index contributed by atoms with van der Waals surface area (Å²) in [6.07, 6.45) is 6.44. The van der Waals surface area contributed by atoms with Crippen LogP contribution >= 0.6 is 0 Å². The van der Waals surface area contributed by atoms with E-state index in [1.807, 2.05) is 12.1 Å². The first-order chi connectivity index (χ1) is 14.8. The van der Waals surface area contributed by atoms with E-state index in [-0.39, 0.29) is 22.9 Å². The molecule has 4 heterocycles. The fraction of sp³-hybridized carbons (Fsp3) is 0.318. The first kappa shape index (κ1) is 20.6. The maximum absolute atomic E-state index is 14.1. The van der Waals surface area contributed by atoms with Crippen LogP contribution in [0, 0.1) is 11.2 Å². The number of nitrogens with zero attached hydrogens (tertiary/aromatic N) is 5. The highest BCUT2D eigenvalue weighted by atomic mass is 19.1. The lowest BCUT2D eigenvalue weighted by molar-refractivity contribution is 0.102. The predicted octanol–water partition coefficient (Wildman–Crippen LogP) is 3.53. The number of nitrogens with two attached hydrogens (primary N) is 1. The van der Waals surface area contributed by atoms with Crippen molar-refractivity contribution in [3.05, 3.63) is 54.4 Å². The van der Waals surface area contributed by atoms with Crippen molar-refractivity contribution in [2.24, 2.45) is 5.41 Å². The number of pyridine rings is 2. The van der Waals surface area contributed by atoms with Crippen LogP contribution in [0.4, 0.5) is 21.7 Å². The molecule has 8 nitrogen and oxygen atoms in total. The van der Waals surface area contributed by atoms with Gasteiger partial charge in [0.05, 0.1) is 11.9 Å². The van der Waals surface area contributed by atoms with Crippen LogP contribution in [0.3, 0.4) is 0 Å². The molecule has 4 rings (SSSR count). The maximum atomic E-state index is 14.1. The molecule has 0 aromatic carbocycles. The molecule has 0 atom stereocenters. The predicted molar refractivity (Wildman–Crippen MR) is 117 cm³/mol. The lowest BCUT2D eigenvalue weighted by Gasteiger charge is -2.38. The Kier molecular flexibility index (Phi) is 5.50. The average Bonchev–Trinajstić information content (AvgIpc) is 2.75. The van der Waals surface area contributed by atoms with Crippen molar-refractivity contribution in [2.45, 2.75) is 26.7 Å². The van der Waals surface area contributed by atoms with Crippen LogP contribution in [-0.2, 0) is 0 Å². The number of halogens is 1. The fourth-order valence-corrected chi connectivity index (χ4v) is 3.52. The molecule has 1 fully saturated rings. The highest BCUT2D eigenvalue weighted by Gasteiger charge is 2.27. The molecule has 1 aliphatic rings. The van der Waals surface area contributed by atoms with E-state index >= 15 is 0 Å². The first-order valence-electron chi connectivity index (χ1n) is 10.1. The lowest BCUT2D eigenvalue weighted by Crippen LogP contribution is -2.37. The topological polar surface area (TPSA) is 110 Å². The Hall–Kier alpha value is -3.62. The van der Waals surface area contributed by atoms with Gasteiger partial charge in [-0.05, 0) is 42.5 Å². The van der Waals surface area contributed by atoms with Gasteiger partial charge in [0.25, 0.3) is 5.91 Å². The number of nitrogen functional groups attached to an aromatic ring is 1. The van der Waals surface area contributed by atoms with Crippen molar-refractivity contribution < 1.29 is 9.18 Å². The van der Waals surface area contributed by atoms with Gasteiger partial charge in [0, 0.05) is 25.5 Å². The quantitative estimate of drug-likeness (QED) is 0.663. The molecule has 0 bridgehead atoms. The van der Waals surface area contributed by atoms with Gasteiger partial charge in [-0.25, -0.2) is 19.3 Å². The Morgan fingerprint density at radius 2 is 1.84 bits per heavy atom. The van der Waals surface area contributed by atoms with E-state index in [0.717, 1.165) is 31.6 Å². The van der Waals surface area contributed by atoms with Crippen molar-refractivity contribution in [2.75, 3.05) is 29.0 Å². The third-order valence-electron chi connectivity index (χ3n) is 5.49. The number of carbonyl (C=O) groups excluding carboxylic acids is 1. The zero-order chi connectivity index (χ0) is 22.0. The molecule has 3 N–H and O–H groups in total. The number of rotatable bonds is 4. The van der Waals surface area contributed by atoms with E-state index in [0.29, 0.717) is 11.2 Å². The van der Waals surface area contributed by atoms with Gasteiger partial charge in [-0.3, -0.25) is 9.78 Å². The summed E-state index contributed by atoms with van der Waals surface area (Å²) < 4.78 is 14.1. The second kappa shape index (κ2) is 8.25. The second-order valence-corrected chi connectivity index (χ2v) is 8.30. The van der Waals surface area contributed by atoms with Gasteiger partial charge >= 0.3 is 0 Å². The SMILES string of the molecule is CC1(C)CCN(c2cccnc2NC(=O)c2nc(-c3ncccc3F)cnc2N)CC1. The van der Waals surface area contributed by atoms with Gasteiger partial charge in [-0.2, -0.15) is 0 Å². The standard InChI is InChI=1S/C22H24FN7O/c1-22(2)7-11-30(12-8-22)16-6-4-10-26-20(16)29-21(31)18-19(24)27-13-15(28-18)17-14(23)5-3-9-25-17/h3-6,9-10,13H,7-8,11-12H2,1-2H3,(H2,24,27)(H,26,29,31). The Bertz CT molecular complexity index is 1110. The summed E-state index contributed by atoms with van der Waals surface area (Å²) >= 11 is 0. The third-order valence-corrected chi connectivity index (χ3v) is 5.49. The molecule has 1 amide bonds. The Labute approximate surface area is 179 Å². The molecule has 1 aliphatic heterocycles. The van der Waals surface area contributed by atoms with E-state index in [1.54, 1.807) is 6.20 Å². The molecule has 1 saturated heterocycles. The van der Waals surface area contributed by atoms with Gasteiger partial charge in [-0.1, -0.05) is 13.8 Å². The van der Waals surface area contributed by atoms with Gasteiger partial charge in [0.2, 0.25) is 0 Å². The summed E-state index contributed by atoms with van der Waals surface area (Å²) in [6.45, 7) is 6.26. The molecule has 9 heteroatoms. The third kappa shape index (κ3) is 4.45. The number of carbonyl (C=O) groups is 1. The number of anilines is 3. The van der Waals surface area contributed by atoms with Crippen molar-refractivity contribution in [1.29, 1.82) is 0 Å². The number of piperidine rings is 1. The second-order valence-electron chi connectivity index (χ2n) is 8.30. The summed E-state index contributed by atoms with van der Waals surface area (Å²) in [5.74, 6) is -0.772. The van der Waals surface area contributed by atoms with Crippen molar-refractivity contribution in [3.8, 4) is 11.4 Å². The molecule has 0 radical (unpaired) electrons. The van der Waals surface area contributed by atoms with E-state index in [9.17, 15) is 9.18 Å². The maximum Gasteiger partial charge on any atom is 0.279 e. The average molecular weight is 421 g/mol. The van der Waals surface area contributed by atoms with E-state index in [2.05, 4.69) is 44.0 Å². The van der Waals surface area contributed by atoms with E-state index < -0.39 is 11.7 Å². The fourth-order valence-electron chi connectivity index (χ4n) is 3.52. The van der Waals surface area contributed by atoms with Gasteiger partial charge in [0.15, 0.2) is 23.1 Å². The Balaban J connectivity index is 1.60. The van der Waals surface area contributed by atoms with Crippen LogP contribution in [-0.4, -0.2) is 38.9 Å².